The molecule has 82 valence electrons. The lowest BCUT2D eigenvalue weighted by Gasteiger charge is -2.06. The van der Waals surface area contributed by atoms with Crippen molar-refractivity contribution in [1.29, 1.82) is 0 Å². The first kappa shape index (κ1) is 12.0. The smallest absolute Gasteiger partial charge is 0.327 e. The Hall–Kier alpha value is -1.07. The number of pyridine rings is 1. The minimum absolute atomic E-state index is 0.193. The van der Waals surface area contributed by atoms with Crippen molar-refractivity contribution in [2.75, 3.05) is 6.54 Å². The van der Waals surface area contributed by atoms with E-state index in [0.29, 0.717) is 5.56 Å². The molecule has 0 aliphatic heterocycles. The summed E-state index contributed by atoms with van der Waals surface area (Å²) in [4.78, 5) is 3.19. The van der Waals surface area contributed by atoms with Crippen LogP contribution in [0.5, 0.6) is 0 Å². The number of halogens is 4. The van der Waals surface area contributed by atoms with Crippen LogP contribution in [0.4, 0.5) is 13.2 Å². The molecule has 0 saturated heterocycles. The first-order valence-corrected chi connectivity index (χ1v) is 4.42. The summed E-state index contributed by atoms with van der Waals surface area (Å²) in [5.41, 5.74) is 4.50. The summed E-state index contributed by atoms with van der Waals surface area (Å²) in [7, 11) is 0. The molecule has 15 heavy (non-hydrogen) atoms. The minimum atomic E-state index is -4.49. The van der Waals surface area contributed by atoms with Crippen LogP contribution in [-0.4, -0.2) is 11.5 Å². The number of nitrogens with zero attached hydrogens (tertiary/aromatic N) is 1. The summed E-state index contributed by atoms with van der Waals surface area (Å²) in [6.45, 7) is 0.251. The Morgan fingerprint density at radius 1 is 1.40 bits per heavy atom. The maximum atomic E-state index is 12.3. The average Bonchev–Trinajstić information content (AvgIpc) is 2.12. The van der Waals surface area contributed by atoms with Crippen molar-refractivity contribution in [3.63, 3.8) is 0 Å². The van der Waals surface area contributed by atoms with Crippen molar-refractivity contribution < 1.29 is 13.2 Å². The second-order valence-corrected chi connectivity index (χ2v) is 3.13. The van der Waals surface area contributed by atoms with E-state index in [1.807, 2.05) is 0 Å². The Morgan fingerprint density at radius 2 is 2.07 bits per heavy atom. The zero-order valence-corrected chi connectivity index (χ0v) is 8.31. The van der Waals surface area contributed by atoms with Gasteiger partial charge in [-0.1, -0.05) is 23.8 Å². The highest BCUT2D eigenvalue weighted by Gasteiger charge is 2.32. The zero-order chi connectivity index (χ0) is 11.5. The van der Waals surface area contributed by atoms with Crippen LogP contribution in [0, 0.1) is 0 Å². The molecule has 1 heterocycles. The topological polar surface area (TPSA) is 38.9 Å². The van der Waals surface area contributed by atoms with Crippen molar-refractivity contribution in [3.05, 3.63) is 34.6 Å². The molecule has 2 nitrogen and oxygen atoms in total. The molecule has 0 radical (unpaired) electrons. The molecule has 0 spiro atoms. The highest BCUT2D eigenvalue weighted by molar-refractivity contribution is 6.29. The molecular formula is C9H8ClF3N2. The van der Waals surface area contributed by atoms with Crippen LogP contribution in [0.25, 0.3) is 6.08 Å². The van der Waals surface area contributed by atoms with Gasteiger partial charge >= 0.3 is 6.18 Å². The number of nitrogens with two attached hydrogens (primary N) is 1. The molecule has 0 saturated carbocycles. The van der Waals surface area contributed by atoms with E-state index in [9.17, 15) is 13.2 Å². The summed E-state index contributed by atoms with van der Waals surface area (Å²) < 4.78 is 36.9. The van der Waals surface area contributed by atoms with Gasteiger partial charge in [-0.15, -0.1) is 0 Å². The molecule has 0 aliphatic carbocycles. The van der Waals surface area contributed by atoms with Crippen LogP contribution < -0.4 is 5.73 Å². The third-order valence-corrected chi connectivity index (χ3v) is 1.75. The molecule has 0 unspecified atom stereocenters. The normalized spacial score (nSPS) is 12.3. The lowest BCUT2D eigenvalue weighted by Crippen LogP contribution is -2.08. The average molecular weight is 237 g/mol. The predicted octanol–water partition coefficient (Wildman–Crippen LogP) is 2.73. The summed E-state index contributed by atoms with van der Waals surface area (Å²) in [6.07, 6.45) is -1.50. The highest BCUT2D eigenvalue weighted by atomic mass is 35.5. The van der Waals surface area contributed by atoms with Gasteiger partial charge in [0.2, 0.25) is 0 Å². The SMILES string of the molecule is NCC=Cc1cc(Cl)nc(C(F)(F)F)c1. The summed E-state index contributed by atoms with van der Waals surface area (Å²) in [5.74, 6) is 0. The second-order valence-electron chi connectivity index (χ2n) is 2.74. The molecule has 6 heteroatoms. The Morgan fingerprint density at radius 3 is 2.60 bits per heavy atom. The van der Waals surface area contributed by atoms with Crippen LogP contribution in [-0.2, 0) is 6.18 Å². The maximum Gasteiger partial charge on any atom is 0.433 e. The van der Waals surface area contributed by atoms with E-state index in [-0.39, 0.29) is 11.7 Å². The van der Waals surface area contributed by atoms with Crippen LogP contribution >= 0.6 is 11.6 Å². The molecule has 0 fully saturated rings. The largest absolute Gasteiger partial charge is 0.433 e. The lowest BCUT2D eigenvalue weighted by atomic mass is 10.2. The fourth-order valence-corrected chi connectivity index (χ4v) is 1.18. The summed E-state index contributed by atoms with van der Waals surface area (Å²) in [5, 5.41) is -0.193. The fraction of sp³-hybridized carbons (Fsp3) is 0.222. The highest BCUT2D eigenvalue weighted by Crippen LogP contribution is 2.29. The molecule has 0 aliphatic rings. The van der Waals surface area contributed by atoms with Gasteiger partial charge in [0.1, 0.15) is 10.8 Å². The van der Waals surface area contributed by atoms with Gasteiger partial charge in [-0.3, -0.25) is 0 Å². The van der Waals surface area contributed by atoms with Crippen LogP contribution in [0.1, 0.15) is 11.3 Å². The molecule has 0 amide bonds. The van der Waals surface area contributed by atoms with E-state index >= 15 is 0 Å². The van der Waals surface area contributed by atoms with Gasteiger partial charge in [0.15, 0.2) is 0 Å². The van der Waals surface area contributed by atoms with Crippen LogP contribution in [0.15, 0.2) is 18.2 Å². The number of alkyl halides is 3. The van der Waals surface area contributed by atoms with E-state index in [1.165, 1.54) is 18.2 Å². The first-order chi connectivity index (χ1) is 6.93. The van der Waals surface area contributed by atoms with Gasteiger partial charge in [0, 0.05) is 6.54 Å². The van der Waals surface area contributed by atoms with Crippen LogP contribution in [0.2, 0.25) is 5.15 Å². The molecule has 0 atom stereocenters. The van der Waals surface area contributed by atoms with E-state index in [2.05, 4.69) is 4.98 Å². The third kappa shape index (κ3) is 3.53. The lowest BCUT2D eigenvalue weighted by molar-refractivity contribution is -0.141. The van der Waals surface area contributed by atoms with E-state index < -0.39 is 11.9 Å². The Bertz CT molecular complexity index is 374. The molecule has 1 aromatic rings. The van der Waals surface area contributed by atoms with E-state index in [4.69, 9.17) is 17.3 Å². The summed E-state index contributed by atoms with van der Waals surface area (Å²) >= 11 is 5.46. The molecule has 1 rings (SSSR count). The Balaban J connectivity index is 3.11. The number of aromatic nitrogens is 1. The van der Waals surface area contributed by atoms with Crippen LogP contribution in [0.3, 0.4) is 0 Å². The van der Waals surface area contributed by atoms with Gasteiger partial charge in [-0.05, 0) is 17.7 Å². The van der Waals surface area contributed by atoms with Gasteiger partial charge < -0.3 is 5.73 Å². The molecule has 0 bridgehead atoms. The third-order valence-electron chi connectivity index (χ3n) is 1.55. The van der Waals surface area contributed by atoms with Gasteiger partial charge in [0.05, 0.1) is 0 Å². The monoisotopic (exact) mass is 236 g/mol. The number of hydrogen-bond acceptors (Lipinski definition) is 2. The van der Waals surface area contributed by atoms with Gasteiger partial charge in [0.25, 0.3) is 0 Å². The number of rotatable bonds is 2. The molecule has 0 aromatic carbocycles. The maximum absolute atomic E-state index is 12.3. The van der Waals surface area contributed by atoms with Crippen molar-refractivity contribution in [3.8, 4) is 0 Å². The quantitative estimate of drug-likeness (QED) is 0.802. The van der Waals surface area contributed by atoms with Crippen molar-refractivity contribution >= 4 is 17.7 Å². The van der Waals surface area contributed by atoms with Crippen molar-refractivity contribution in [2.24, 2.45) is 5.73 Å². The van der Waals surface area contributed by atoms with Crippen molar-refractivity contribution in [1.82, 2.24) is 4.98 Å². The van der Waals surface area contributed by atoms with E-state index in [1.54, 1.807) is 0 Å². The second kappa shape index (κ2) is 4.63. The first-order valence-electron chi connectivity index (χ1n) is 4.05. The standard InChI is InChI=1S/C9H8ClF3N2/c10-8-5-6(2-1-3-14)4-7(15-8)9(11,12)13/h1-2,4-5H,3,14H2. The number of hydrogen-bond donors (Lipinski definition) is 1. The van der Waals surface area contributed by atoms with Gasteiger partial charge in [-0.2, -0.15) is 13.2 Å². The summed E-state index contributed by atoms with van der Waals surface area (Å²) in [6, 6.07) is 2.25. The fourth-order valence-electron chi connectivity index (χ4n) is 0.962. The van der Waals surface area contributed by atoms with E-state index in [0.717, 1.165) is 6.07 Å². The Labute approximate surface area is 89.6 Å². The Kier molecular flexibility index (Phi) is 3.71. The predicted molar refractivity (Wildman–Crippen MR) is 52.3 cm³/mol. The molecule has 1 aromatic heterocycles. The van der Waals surface area contributed by atoms with Crippen molar-refractivity contribution in [2.45, 2.75) is 6.18 Å². The zero-order valence-electron chi connectivity index (χ0n) is 7.55. The molecular weight excluding hydrogens is 229 g/mol. The van der Waals surface area contributed by atoms with Gasteiger partial charge in [-0.25, -0.2) is 4.98 Å². The minimum Gasteiger partial charge on any atom is -0.327 e. The molecule has 2 N–H and O–H groups in total.